The van der Waals surface area contributed by atoms with Crippen LogP contribution in [0.5, 0.6) is 0 Å². The average molecular weight is 269 g/mol. The number of nitrogens with zero attached hydrogens (tertiary/aromatic N) is 3. The molecule has 108 valence electrons. The molecule has 0 aromatic rings. The summed E-state index contributed by atoms with van der Waals surface area (Å²) in [6, 6.07) is -0.113. The van der Waals surface area contributed by atoms with Crippen molar-refractivity contribution < 1.29 is 14.7 Å². The number of carboxylic acid groups (broad SMARTS) is 1. The summed E-state index contributed by atoms with van der Waals surface area (Å²) in [6.07, 6.45) is 2.31. The van der Waals surface area contributed by atoms with E-state index in [1.165, 1.54) is 0 Å². The fourth-order valence-corrected chi connectivity index (χ4v) is 2.82. The highest BCUT2D eigenvalue weighted by Gasteiger charge is 2.45. The summed E-state index contributed by atoms with van der Waals surface area (Å²) in [5.74, 6) is -0.894. The number of aliphatic carboxylic acids is 1. The minimum absolute atomic E-state index is 0.113. The van der Waals surface area contributed by atoms with Gasteiger partial charge in [0.15, 0.2) is 0 Å². The van der Waals surface area contributed by atoms with E-state index < -0.39 is 11.5 Å². The number of piperazine rings is 1. The molecular formula is C13H23N3O3. The molecular weight excluding hydrogens is 246 g/mol. The summed E-state index contributed by atoms with van der Waals surface area (Å²) < 4.78 is 0. The maximum Gasteiger partial charge on any atom is 0.329 e. The van der Waals surface area contributed by atoms with Crippen molar-refractivity contribution in [3.05, 3.63) is 0 Å². The van der Waals surface area contributed by atoms with E-state index >= 15 is 0 Å². The van der Waals surface area contributed by atoms with Crippen molar-refractivity contribution in [3.8, 4) is 0 Å². The van der Waals surface area contributed by atoms with Crippen LogP contribution < -0.4 is 0 Å². The molecule has 0 spiro atoms. The fraction of sp³-hybridized carbons (Fsp3) is 0.846. The van der Waals surface area contributed by atoms with Gasteiger partial charge in [-0.15, -0.1) is 0 Å². The van der Waals surface area contributed by atoms with Gasteiger partial charge in [-0.25, -0.2) is 9.59 Å². The third kappa shape index (κ3) is 2.68. The minimum Gasteiger partial charge on any atom is -0.480 e. The molecule has 0 aromatic heterocycles. The van der Waals surface area contributed by atoms with Crippen LogP contribution >= 0.6 is 0 Å². The van der Waals surface area contributed by atoms with Gasteiger partial charge in [0.05, 0.1) is 0 Å². The summed E-state index contributed by atoms with van der Waals surface area (Å²) in [6.45, 7) is 5.28. The Bertz CT molecular complexity index is 366. The van der Waals surface area contributed by atoms with Crippen molar-refractivity contribution in [2.75, 3.05) is 39.8 Å². The molecule has 0 bridgehead atoms. The van der Waals surface area contributed by atoms with Crippen LogP contribution in [0.3, 0.4) is 0 Å². The number of rotatable bonds is 1. The summed E-state index contributed by atoms with van der Waals surface area (Å²) >= 11 is 0. The van der Waals surface area contributed by atoms with Crippen molar-refractivity contribution >= 4 is 12.0 Å². The number of hydrogen-bond donors (Lipinski definition) is 1. The SMILES string of the molecule is CN1CCN(C(=O)N2CCCCC2(C)C(=O)O)CC1. The molecule has 1 N–H and O–H groups in total. The number of urea groups is 1. The minimum atomic E-state index is -1.04. The molecule has 2 heterocycles. The van der Waals surface area contributed by atoms with Crippen LogP contribution in [0.15, 0.2) is 0 Å². The molecule has 2 aliphatic heterocycles. The van der Waals surface area contributed by atoms with Gasteiger partial charge in [-0.05, 0) is 33.2 Å². The predicted molar refractivity (Wildman–Crippen MR) is 71.1 cm³/mol. The average Bonchev–Trinajstić information content (AvgIpc) is 2.39. The number of piperidine rings is 1. The number of likely N-dealkylation sites (tertiary alicyclic amines) is 1. The Morgan fingerprint density at radius 3 is 2.26 bits per heavy atom. The van der Waals surface area contributed by atoms with Gasteiger partial charge < -0.3 is 19.8 Å². The normalized spacial score (nSPS) is 29.4. The third-order valence-corrected chi connectivity index (χ3v) is 4.36. The highest BCUT2D eigenvalue weighted by atomic mass is 16.4. The first kappa shape index (κ1) is 14.1. The molecule has 2 aliphatic rings. The molecule has 2 rings (SSSR count). The lowest BCUT2D eigenvalue weighted by atomic mass is 9.89. The molecule has 6 heteroatoms. The quantitative estimate of drug-likeness (QED) is 0.760. The van der Waals surface area contributed by atoms with Gasteiger partial charge in [-0.1, -0.05) is 0 Å². The van der Waals surface area contributed by atoms with Crippen LogP contribution in [0.1, 0.15) is 26.2 Å². The van der Waals surface area contributed by atoms with Crippen LogP contribution in [0.4, 0.5) is 4.79 Å². The second-order valence-corrected chi connectivity index (χ2v) is 5.76. The van der Waals surface area contributed by atoms with Crippen molar-refractivity contribution in [1.82, 2.24) is 14.7 Å². The molecule has 6 nitrogen and oxygen atoms in total. The second kappa shape index (κ2) is 5.36. The van der Waals surface area contributed by atoms with E-state index in [2.05, 4.69) is 4.90 Å². The van der Waals surface area contributed by atoms with Gasteiger partial charge in [-0.3, -0.25) is 0 Å². The zero-order valence-electron chi connectivity index (χ0n) is 11.8. The molecule has 1 unspecified atom stereocenters. The molecule has 2 fully saturated rings. The van der Waals surface area contributed by atoms with Gasteiger partial charge in [0.1, 0.15) is 5.54 Å². The maximum atomic E-state index is 12.5. The largest absolute Gasteiger partial charge is 0.480 e. The Morgan fingerprint density at radius 2 is 1.68 bits per heavy atom. The van der Waals surface area contributed by atoms with E-state index in [0.717, 1.165) is 25.9 Å². The van der Waals surface area contributed by atoms with Crippen LogP contribution in [0, 0.1) is 0 Å². The Hall–Kier alpha value is -1.30. The van der Waals surface area contributed by atoms with Gasteiger partial charge in [0, 0.05) is 32.7 Å². The zero-order valence-corrected chi connectivity index (χ0v) is 11.8. The van der Waals surface area contributed by atoms with E-state index in [4.69, 9.17) is 0 Å². The first-order valence-electron chi connectivity index (χ1n) is 6.93. The van der Waals surface area contributed by atoms with Gasteiger partial charge in [0.25, 0.3) is 0 Å². The van der Waals surface area contributed by atoms with Crippen LogP contribution in [0.25, 0.3) is 0 Å². The lowest BCUT2D eigenvalue weighted by molar-refractivity contribution is -0.150. The molecule has 2 saturated heterocycles. The van der Waals surface area contributed by atoms with Crippen LogP contribution in [-0.4, -0.2) is 77.1 Å². The number of hydrogen-bond acceptors (Lipinski definition) is 3. The molecule has 19 heavy (non-hydrogen) atoms. The summed E-state index contributed by atoms with van der Waals surface area (Å²) in [5.41, 5.74) is -1.04. The van der Waals surface area contributed by atoms with E-state index in [-0.39, 0.29) is 6.03 Å². The molecule has 1 atom stereocenters. The van der Waals surface area contributed by atoms with Gasteiger partial charge in [-0.2, -0.15) is 0 Å². The first-order valence-corrected chi connectivity index (χ1v) is 6.93. The standard InChI is InChI=1S/C13H23N3O3/c1-13(11(17)18)5-3-4-6-16(13)12(19)15-9-7-14(2)8-10-15/h3-10H2,1-2H3,(H,17,18). The third-order valence-electron chi connectivity index (χ3n) is 4.36. The molecule has 0 aromatic carbocycles. The topological polar surface area (TPSA) is 64.1 Å². The molecule has 0 aliphatic carbocycles. The number of carbonyl (C=O) groups excluding carboxylic acids is 1. The maximum absolute atomic E-state index is 12.5. The predicted octanol–water partition coefficient (Wildman–Crippen LogP) is 0.683. The fourth-order valence-electron chi connectivity index (χ4n) is 2.82. The van der Waals surface area contributed by atoms with Crippen molar-refractivity contribution in [3.63, 3.8) is 0 Å². The Balaban J connectivity index is 2.10. The van der Waals surface area contributed by atoms with Crippen LogP contribution in [-0.2, 0) is 4.79 Å². The summed E-state index contributed by atoms with van der Waals surface area (Å²) in [5, 5.41) is 9.44. The number of carbonyl (C=O) groups is 2. The summed E-state index contributed by atoms with van der Waals surface area (Å²) in [7, 11) is 2.03. The Kier molecular flexibility index (Phi) is 3.99. The summed E-state index contributed by atoms with van der Waals surface area (Å²) in [4.78, 5) is 29.6. The smallest absolute Gasteiger partial charge is 0.329 e. The molecule has 0 radical (unpaired) electrons. The Labute approximate surface area is 114 Å². The van der Waals surface area contributed by atoms with E-state index in [0.29, 0.717) is 26.1 Å². The van der Waals surface area contributed by atoms with Crippen molar-refractivity contribution in [2.45, 2.75) is 31.7 Å². The van der Waals surface area contributed by atoms with E-state index in [1.807, 2.05) is 7.05 Å². The zero-order chi connectivity index (χ0) is 14.0. The number of likely N-dealkylation sites (N-methyl/N-ethyl adjacent to an activating group) is 1. The highest BCUT2D eigenvalue weighted by molar-refractivity contribution is 5.86. The van der Waals surface area contributed by atoms with E-state index in [9.17, 15) is 14.7 Å². The monoisotopic (exact) mass is 269 g/mol. The van der Waals surface area contributed by atoms with Gasteiger partial charge in [0.2, 0.25) is 0 Å². The lowest BCUT2D eigenvalue weighted by Gasteiger charge is -2.45. The Morgan fingerprint density at radius 1 is 1.05 bits per heavy atom. The van der Waals surface area contributed by atoms with E-state index in [1.54, 1.807) is 16.7 Å². The molecule has 0 saturated carbocycles. The number of carboxylic acids is 1. The van der Waals surface area contributed by atoms with Crippen molar-refractivity contribution in [2.24, 2.45) is 0 Å². The molecule has 2 amide bonds. The number of amides is 2. The van der Waals surface area contributed by atoms with Gasteiger partial charge >= 0.3 is 12.0 Å². The van der Waals surface area contributed by atoms with Crippen LogP contribution in [0.2, 0.25) is 0 Å². The lowest BCUT2D eigenvalue weighted by Crippen LogP contribution is -2.62. The highest BCUT2D eigenvalue weighted by Crippen LogP contribution is 2.29. The second-order valence-electron chi connectivity index (χ2n) is 5.76. The first-order chi connectivity index (χ1) is 8.95. The van der Waals surface area contributed by atoms with Crippen molar-refractivity contribution in [1.29, 1.82) is 0 Å².